The highest BCUT2D eigenvalue weighted by Crippen LogP contribution is 2.34. The van der Waals surface area contributed by atoms with E-state index in [2.05, 4.69) is 43.9 Å². The summed E-state index contributed by atoms with van der Waals surface area (Å²) in [7, 11) is 0. The van der Waals surface area contributed by atoms with Gasteiger partial charge in [0.25, 0.3) is 0 Å². The molecule has 0 amide bonds. The minimum Gasteiger partial charge on any atom is -0.389 e. The second-order valence-electron chi connectivity index (χ2n) is 5.31. The van der Waals surface area contributed by atoms with Gasteiger partial charge >= 0.3 is 0 Å². The maximum atomic E-state index is 5.97. The van der Waals surface area contributed by atoms with Crippen molar-refractivity contribution in [3.8, 4) is 0 Å². The molecule has 2 rings (SSSR count). The van der Waals surface area contributed by atoms with Crippen molar-refractivity contribution in [1.82, 2.24) is 0 Å². The molecule has 2 unspecified atom stereocenters. The van der Waals surface area contributed by atoms with Gasteiger partial charge in [0.2, 0.25) is 0 Å². The quantitative estimate of drug-likeness (QED) is 0.679. The van der Waals surface area contributed by atoms with Crippen LogP contribution in [0.2, 0.25) is 0 Å². The molecule has 4 heteroatoms. The third-order valence-electron chi connectivity index (χ3n) is 3.88. The SMILES string of the molecule is CCSc1cccc(N2CC(C)C(C)C2)c1C(N)=S. The average molecular weight is 294 g/mol. The first kappa shape index (κ1) is 14.7. The number of nitrogens with two attached hydrogens (primary N) is 1. The molecule has 1 aromatic carbocycles. The average Bonchev–Trinajstić information content (AvgIpc) is 2.69. The summed E-state index contributed by atoms with van der Waals surface area (Å²) in [5.41, 5.74) is 8.25. The number of thioether (sulfide) groups is 1. The van der Waals surface area contributed by atoms with Gasteiger partial charge in [0, 0.05) is 29.2 Å². The van der Waals surface area contributed by atoms with Crippen LogP contribution in [0.3, 0.4) is 0 Å². The molecule has 104 valence electrons. The summed E-state index contributed by atoms with van der Waals surface area (Å²) in [6.07, 6.45) is 0. The Bertz CT molecular complexity index is 463. The lowest BCUT2D eigenvalue weighted by Gasteiger charge is -2.23. The molecule has 1 aliphatic rings. The Morgan fingerprint density at radius 1 is 1.37 bits per heavy atom. The number of hydrogen-bond acceptors (Lipinski definition) is 3. The molecule has 2 nitrogen and oxygen atoms in total. The van der Waals surface area contributed by atoms with Crippen molar-refractivity contribution in [3.05, 3.63) is 23.8 Å². The van der Waals surface area contributed by atoms with E-state index in [1.54, 1.807) is 0 Å². The maximum Gasteiger partial charge on any atom is 0.107 e. The molecular formula is C15H22N2S2. The first-order valence-electron chi connectivity index (χ1n) is 6.85. The van der Waals surface area contributed by atoms with Crippen LogP contribution in [0.4, 0.5) is 5.69 Å². The van der Waals surface area contributed by atoms with E-state index in [9.17, 15) is 0 Å². The first-order chi connectivity index (χ1) is 9.04. The molecule has 0 bridgehead atoms. The lowest BCUT2D eigenvalue weighted by Crippen LogP contribution is -2.24. The Morgan fingerprint density at radius 2 is 2.00 bits per heavy atom. The van der Waals surface area contributed by atoms with Crippen LogP contribution in [0.5, 0.6) is 0 Å². The van der Waals surface area contributed by atoms with Crippen LogP contribution in [0.25, 0.3) is 0 Å². The molecule has 1 aromatic rings. The summed E-state index contributed by atoms with van der Waals surface area (Å²) < 4.78 is 0. The van der Waals surface area contributed by atoms with Gasteiger partial charge < -0.3 is 10.6 Å². The Balaban J connectivity index is 2.40. The molecule has 1 heterocycles. The predicted octanol–water partition coefficient (Wildman–Crippen LogP) is 3.53. The van der Waals surface area contributed by atoms with E-state index in [-0.39, 0.29) is 0 Å². The Labute approximate surface area is 125 Å². The van der Waals surface area contributed by atoms with Crippen molar-refractivity contribution >= 4 is 34.7 Å². The number of rotatable bonds is 4. The van der Waals surface area contributed by atoms with Gasteiger partial charge in [-0.25, -0.2) is 0 Å². The van der Waals surface area contributed by atoms with Gasteiger partial charge in [-0.1, -0.05) is 39.1 Å². The van der Waals surface area contributed by atoms with E-state index in [1.165, 1.54) is 10.6 Å². The summed E-state index contributed by atoms with van der Waals surface area (Å²) in [6.45, 7) is 8.97. The van der Waals surface area contributed by atoms with Gasteiger partial charge in [-0.3, -0.25) is 0 Å². The van der Waals surface area contributed by atoms with Crippen molar-refractivity contribution in [3.63, 3.8) is 0 Å². The normalized spacial score (nSPS) is 22.8. The molecule has 0 aliphatic carbocycles. The number of benzene rings is 1. The molecule has 2 atom stereocenters. The van der Waals surface area contributed by atoms with Crippen LogP contribution in [0.15, 0.2) is 23.1 Å². The van der Waals surface area contributed by atoms with Gasteiger partial charge in [-0.2, -0.15) is 0 Å². The Hall–Kier alpha value is -0.740. The summed E-state index contributed by atoms with van der Waals surface area (Å²) in [4.78, 5) is 4.15. The zero-order valence-electron chi connectivity index (χ0n) is 11.8. The maximum absolute atomic E-state index is 5.97. The van der Waals surface area contributed by atoms with Crippen LogP contribution in [0, 0.1) is 11.8 Å². The number of hydrogen-bond donors (Lipinski definition) is 1. The lowest BCUT2D eigenvalue weighted by atomic mass is 10.0. The highest BCUT2D eigenvalue weighted by molar-refractivity contribution is 7.99. The van der Waals surface area contributed by atoms with Crippen molar-refractivity contribution in [1.29, 1.82) is 0 Å². The molecule has 2 N–H and O–H groups in total. The first-order valence-corrected chi connectivity index (χ1v) is 8.24. The van der Waals surface area contributed by atoms with Crippen LogP contribution in [-0.4, -0.2) is 23.8 Å². The van der Waals surface area contributed by atoms with Crippen LogP contribution < -0.4 is 10.6 Å². The fraction of sp³-hybridized carbons (Fsp3) is 0.533. The van der Waals surface area contributed by atoms with Crippen LogP contribution in [-0.2, 0) is 0 Å². The summed E-state index contributed by atoms with van der Waals surface area (Å²) in [6, 6.07) is 6.39. The van der Waals surface area contributed by atoms with Crippen LogP contribution in [0.1, 0.15) is 26.3 Å². The number of thiocarbonyl (C=S) groups is 1. The van der Waals surface area contributed by atoms with Gasteiger partial charge in [0.15, 0.2) is 0 Å². The lowest BCUT2D eigenvalue weighted by molar-refractivity contribution is 0.494. The van der Waals surface area contributed by atoms with Crippen molar-refractivity contribution in [2.24, 2.45) is 17.6 Å². The molecule has 1 aliphatic heterocycles. The van der Waals surface area contributed by atoms with Crippen molar-refractivity contribution in [2.75, 3.05) is 23.7 Å². The second kappa shape index (κ2) is 6.14. The molecule has 0 aromatic heterocycles. The Kier molecular flexibility index (Phi) is 4.74. The molecule has 0 spiro atoms. The monoisotopic (exact) mass is 294 g/mol. The molecule has 1 fully saturated rings. The smallest absolute Gasteiger partial charge is 0.107 e. The Morgan fingerprint density at radius 3 is 2.53 bits per heavy atom. The van der Waals surface area contributed by atoms with E-state index in [1.807, 2.05) is 11.8 Å². The number of nitrogens with zero attached hydrogens (tertiary/aromatic N) is 1. The fourth-order valence-electron chi connectivity index (χ4n) is 2.63. The van der Waals surface area contributed by atoms with E-state index in [4.69, 9.17) is 18.0 Å². The molecule has 0 radical (unpaired) electrons. The van der Waals surface area contributed by atoms with Gasteiger partial charge in [0.05, 0.1) is 0 Å². The second-order valence-corrected chi connectivity index (χ2v) is 7.05. The summed E-state index contributed by atoms with van der Waals surface area (Å²) >= 11 is 7.09. The minimum absolute atomic E-state index is 0.513. The van der Waals surface area contributed by atoms with Gasteiger partial charge in [-0.05, 0) is 29.7 Å². The third-order valence-corrected chi connectivity index (χ3v) is 5.02. The van der Waals surface area contributed by atoms with Crippen LogP contribution >= 0.6 is 24.0 Å². The molecular weight excluding hydrogens is 272 g/mol. The standard InChI is InChI=1S/C15H22N2S2/c1-4-19-13-7-5-6-12(14(13)15(16)18)17-8-10(2)11(3)9-17/h5-7,10-11H,4,8-9H2,1-3H3,(H2,16,18). The van der Waals surface area contributed by atoms with Crippen molar-refractivity contribution in [2.45, 2.75) is 25.7 Å². The van der Waals surface area contributed by atoms with Gasteiger partial charge in [-0.15, -0.1) is 11.8 Å². The number of anilines is 1. The predicted molar refractivity (Wildman–Crippen MR) is 89.3 cm³/mol. The molecule has 0 saturated carbocycles. The van der Waals surface area contributed by atoms with Crippen molar-refractivity contribution < 1.29 is 0 Å². The zero-order valence-corrected chi connectivity index (χ0v) is 13.5. The summed E-state index contributed by atoms with van der Waals surface area (Å²) in [5, 5.41) is 0. The zero-order chi connectivity index (χ0) is 14.0. The van der Waals surface area contributed by atoms with E-state index in [0.29, 0.717) is 4.99 Å². The van der Waals surface area contributed by atoms with E-state index in [0.717, 1.165) is 36.2 Å². The topological polar surface area (TPSA) is 29.3 Å². The highest BCUT2D eigenvalue weighted by atomic mass is 32.2. The van der Waals surface area contributed by atoms with Gasteiger partial charge in [0.1, 0.15) is 4.99 Å². The fourth-order valence-corrected chi connectivity index (χ4v) is 3.76. The third kappa shape index (κ3) is 3.06. The summed E-state index contributed by atoms with van der Waals surface area (Å²) in [5.74, 6) is 2.48. The van der Waals surface area contributed by atoms with E-state index >= 15 is 0 Å². The van der Waals surface area contributed by atoms with E-state index < -0.39 is 0 Å². The highest BCUT2D eigenvalue weighted by Gasteiger charge is 2.28. The largest absolute Gasteiger partial charge is 0.389 e. The molecule has 1 saturated heterocycles. The molecule has 19 heavy (non-hydrogen) atoms. The minimum atomic E-state index is 0.513.